The van der Waals surface area contributed by atoms with Gasteiger partial charge in [0, 0.05) is 43.6 Å². The van der Waals surface area contributed by atoms with E-state index in [0.29, 0.717) is 13.1 Å². The topological polar surface area (TPSA) is 87.4 Å². The fourth-order valence-corrected chi connectivity index (χ4v) is 3.81. The van der Waals surface area contributed by atoms with Crippen LogP contribution < -0.4 is 16.0 Å². The van der Waals surface area contributed by atoms with Crippen LogP contribution in [0.2, 0.25) is 0 Å². The Morgan fingerprint density at radius 3 is 2.73 bits per heavy atom. The summed E-state index contributed by atoms with van der Waals surface area (Å²) >= 11 is 0. The molecule has 136 valence electrons. The fraction of sp³-hybridized carbons (Fsp3) is 0.421. The van der Waals surface area contributed by atoms with Crippen LogP contribution >= 0.6 is 0 Å². The predicted molar refractivity (Wildman–Crippen MR) is 102 cm³/mol. The lowest BCUT2D eigenvalue weighted by Crippen LogP contribution is -2.50. The average molecular weight is 352 g/mol. The molecule has 1 saturated heterocycles. The zero-order chi connectivity index (χ0) is 18.1. The Morgan fingerprint density at radius 1 is 1.15 bits per heavy atom. The number of carbonyl (C=O) groups is 1. The summed E-state index contributed by atoms with van der Waals surface area (Å²) in [6.45, 7) is 4.68. The SMILES string of the molecule is Cc1cc(N2CCN(C(=O)Nc3cccc4c3CCC4)CC2)nc(N)n1. The van der Waals surface area contributed by atoms with E-state index in [-0.39, 0.29) is 12.0 Å². The van der Waals surface area contributed by atoms with Gasteiger partial charge in [-0.1, -0.05) is 12.1 Å². The van der Waals surface area contributed by atoms with Crippen LogP contribution in [0.5, 0.6) is 0 Å². The van der Waals surface area contributed by atoms with Crippen LogP contribution in [0.15, 0.2) is 24.3 Å². The number of aromatic nitrogens is 2. The van der Waals surface area contributed by atoms with Gasteiger partial charge in [-0.05, 0) is 43.4 Å². The third-order valence-electron chi connectivity index (χ3n) is 5.14. The molecule has 1 aromatic heterocycles. The summed E-state index contributed by atoms with van der Waals surface area (Å²) in [5.74, 6) is 1.12. The fourth-order valence-electron chi connectivity index (χ4n) is 3.81. The molecule has 1 aliphatic carbocycles. The van der Waals surface area contributed by atoms with Gasteiger partial charge in [0.2, 0.25) is 5.95 Å². The second-order valence-corrected chi connectivity index (χ2v) is 6.93. The molecule has 0 saturated carbocycles. The molecule has 2 aliphatic rings. The van der Waals surface area contributed by atoms with Gasteiger partial charge in [0.15, 0.2) is 0 Å². The minimum absolute atomic E-state index is 0.0247. The summed E-state index contributed by atoms with van der Waals surface area (Å²) in [6, 6.07) is 8.10. The zero-order valence-electron chi connectivity index (χ0n) is 15.0. The van der Waals surface area contributed by atoms with Crippen LogP contribution in [0.3, 0.4) is 0 Å². The maximum absolute atomic E-state index is 12.7. The highest BCUT2D eigenvalue weighted by Gasteiger charge is 2.24. The first kappa shape index (κ1) is 16.6. The van der Waals surface area contributed by atoms with E-state index in [1.807, 2.05) is 30.0 Å². The first-order chi connectivity index (χ1) is 12.6. The zero-order valence-corrected chi connectivity index (χ0v) is 15.0. The molecule has 1 aliphatic heterocycles. The Labute approximate surface area is 153 Å². The Kier molecular flexibility index (Phi) is 4.36. The van der Waals surface area contributed by atoms with Crippen molar-refractivity contribution in [2.24, 2.45) is 0 Å². The van der Waals surface area contributed by atoms with E-state index in [9.17, 15) is 4.79 Å². The largest absolute Gasteiger partial charge is 0.368 e. The number of nitrogens with zero attached hydrogens (tertiary/aromatic N) is 4. The Hall–Kier alpha value is -2.83. The van der Waals surface area contributed by atoms with E-state index < -0.39 is 0 Å². The van der Waals surface area contributed by atoms with Gasteiger partial charge in [-0.2, -0.15) is 4.98 Å². The number of rotatable bonds is 2. The number of aryl methyl sites for hydroxylation is 2. The van der Waals surface area contributed by atoms with Crippen molar-refractivity contribution in [3.63, 3.8) is 0 Å². The highest BCUT2D eigenvalue weighted by atomic mass is 16.2. The first-order valence-corrected chi connectivity index (χ1v) is 9.13. The molecule has 2 amide bonds. The summed E-state index contributed by atoms with van der Waals surface area (Å²) in [4.78, 5) is 25.1. The van der Waals surface area contributed by atoms with Crippen LogP contribution in [-0.2, 0) is 12.8 Å². The summed E-state index contributed by atoms with van der Waals surface area (Å²) < 4.78 is 0. The summed E-state index contributed by atoms with van der Waals surface area (Å²) in [6.07, 6.45) is 3.33. The number of urea groups is 1. The molecule has 0 radical (unpaired) electrons. The minimum atomic E-state index is -0.0247. The smallest absolute Gasteiger partial charge is 0.321 e. The molecule has 26 heavy (non-hydrogen) atoms. The van der Waals surface area contributed by atoms with Crippen LogP contribution in [0, 0.1) is 6.92 Å². The lowest BCUT2D eigenvalue weighted by atomic mass is 10.1. The number of amides is 2. The van der Waals surface area contributed by atoms with Gasteiger partial charge in [-0.25, -0.2) is 9.78 Å². The van der Waals surface area contributed by atoms with Gasteiger partial charge in [-0.3, -0.25) is 0 Å². The molecule has 4 rings (SSSR count). The van der Waals surface area contributed by atoms with Crippen molar-refractivity contribution in [3.8, 4) is 0 Å². The number of hydrogen-bond acceptors (Lipinski definition) is 5. The first-order valence-electron chi connectivity index (χ1n) is 9.13. The Morgan fingerprint density at radius 2 is 1.96 bits per heavy atom. The predicted octanol–water partition coefficient (Wildman–Crippen LogP) is 2.21. The number of fused-ring (bicyclic) bond motifs is 1. The lowest BCUT2D eigenvalue weighted by Gasteiger charge is -2.35. The maximum Gasteiger partial charge on any atom is 0.321 e. The Balaban J connectivity index is 1.39. The number of carbonyl (C=O) groups excluding carboxylic acids is 1. The number of benzene rings is 1. The molecule has 1 fully saturated rings. The van der Waals surface area contributed by atoms with Crippen molar-refractivity contribution in [3.05, 3.63) is 41.1 Å². The van der Waals surface area contributed by atoms with E-state index in [1.54, 1.807) is 0 Å². The molecule has 0 spiro atoms. The van der Waals surface area contributed by atoms with Crippen molar-refractivity contribution in [1.29, 1.82) is 0 Å². The number of piperazine rings is 1. The molecule has 2 aromatic rings. The maximum atomic E-state index is 12.7. The molecule has 2 heterocycles. The number of nitrogens with one attached hydrogen (secondary N) is 1. The van der Waals surface area contributed by atoms with Crippen LogP contribution in [0.25, 0.3) is 0 Å². The van der Waals surface area contributed by atoms with E-state index in [4.69, 9.17) is 5.73 Å². The molecule has 7 nitrogen and oxygen atoms in total. The summed E-state index contributed by atoms with van der Waals surface area (Å²) in [7, 11) is 0. The molecule has 0 atom stereocenters. The average Bonchev–Trinajstić information content (AvgIpc) is 3.11. The van der Waals surface area contributed by atoms with Crippen LogP contribution in [0.1, 0.15) is 23.2 Å². The quantitative estimate of drug-likeness (QED) is 0.865. The highest BCUT2D eigenvalue weighted by molar-refractivity contribution is 5.90. The van der Waals surface area contributed by atoms with E-state index >= 15 is 0 Å². The molecule has 0 unspecified atom stereocenters. The lowest BCUT2D eigenvalue weighted by molar-refractivity contribution is 0.208. The number of hydrogen-bond donors (Lipinski definition) is 2. The van der Waals surface area contributed by atoms with Crippen molar-refractivity contribution >= 4 is 23.5 Å². The monoisotopic (exact) mass is 352 g/mol. The summed E-state index contributed by atoms with van der Waals surface area (Å²) in [5.41, 5.74) is 10.2. The van der Waals surface area contributed by atoms with Crippen molar-refractivity contribution in [2.75, 3.05) is 42.1 Å². The second kappa shape index (κ2) is 6.82. The van der Waals surface area contributed by atoms with Gasteiger partial charge in [0.05, 0.1) is 0 Å². The summed E-state index contributed by atoms with van der Waals surface area (Å²) in [5, 5.41) is 3.11. The highest BCUT2D eigenvalue weighted by Crippen LogP contribution is 2.29. The van der Waals surface area contributed by atoms with E-state index in [0.717, 1.165) is 43.1 Å². The number of nitrogen functional groups attached to an aromatic ring is 1. The molecular weight excluding hydrogens is 328 g/mol. The molecular formula is C19H24N6O. The molecule has 3 N–H and O–H groups in total. The van der Waals surface area contributed by atoms with E-state index in [2.05, 4.69) is 26.3 Å². The number of anilines is 3. The van der Waals surface area contributed by atoms with Crippen molar-refractivity contribution in [1.82, 2.24) is 14.9 Å². The minimum Gasteiger partial charge on any atom is -0.368 e. The van der Waals surface area contributed by atoms with Gasteiger partial charge < -0.3 is 20.9 Å². The molecule has 0 bridgehead atoms. The molecule has 7 heteroatoms. The second-order valence-electron chi connectivity index (χ2n) is 6.93. The van der Waals surface area contributed by atoms with Gasteiger partial charge >= 0.3 is 6.03 Å². The third-order valence-corrected chi connectivity index (χ3v) is 5.14. The van der Waals surface area contributed by atoms with Crippen LogP contribution in [0.4, 0.5) is 22.2 Å². The van der Waals surface area contributed by atoms with Crippen molar-refractivity contribution < 1.29 is 4.79 Å². The standard InChI is InChI=1S/C19H24N6O/c1-13-12-17(23-18(20)21-13)24-8-10-25(11-9-24)19(26)22-16-7-3-5-14-4-2-6-15(14)16/h3,5,7,12H,2,4,6,8-11H2,1H3,(H,22,26)(H2,20,21,23). The van der Waals surface area contributed by atoms with Crippen LogP contribution in [-0.4, -0.2) is 47.1 Å². The van der Waals surface area contributed by atoms with Crippen molar-refractivity contribution in [2.45, 2.75) is 26.2 Å². The van der Waals surface area contributed by atoms with E-state index in [1.165, 1.54) is 17.5 Å². The molecule has 1 aromatic carbocycles. The third kappa shape index (κ3) is 3.29. The Bertz CT molecular complexity index is 809. The van der Waals surface area contributed by atoms with Gasteiger partial charge in [-0.15, -0.1) is 0 Å². The normalized spacial score (nSPS) is 16.5. The number of nitrogens with two attached hydrogens (primary N) is 1. The van der Waals surface area contributed by atoms with Gasteiger partial charge in [0.25, 0.3) is 0 Å². The van der Waals surface area contributed by atoms with Gasteiger partial charge in [0.1, 0.15) is 5.82 Å².